The van der Waals surface area contributed by atoms with Crippen LogP contribution in [0.15, 0.2) is 24.3 Å². The molecule has 100 valence electrons. The molecule has 0 spiro atoms. The topological polar surface area (TPSA) is 55.1 Å². The molecule has 0 aliphatic rings. The van der Waals surface area contributed by atoms with Crippen LogP contribution in [-0.2, 0) is 0 Å². The number of hydrogen-bond acceptors (Lipinski definition) is 2. The average molecular weight is 279 g/mol. The van der Waals surface area contributed by atoms with Gasteiger partial charge in [0.2, 0.25) is 0 Å². The Morgan fingerprint density at radius 1 is 1.42 bits per heavy atom. The molecule has 4 nitrogen and oxygen atoms in total. The quantitative estimate of drug-likeness (QED) is 0.932. The fourth-order valence-corrected chi connectivity index (χ4v) is 2.26. The third kappa shape index (κ3) is 2.49. The summed E-state index contributed by atoms with van der Waals surface area (Å²) in [6.45, 7) is 5.75. The van der Waals surface area contributed by atoms with Crippen LogP contribution in [0.3, 0.4) is 0 Å². The lowest BCUT2D eigenvalue weighted by molar-refractivity contribution is 0.0695. The van der Waals surface area contributed by atoms with E-state index in [-0.39, 0.29) is 16.6 Å². The Morgan fingerprint density at radius 3 is 2.58 bits per heavy atom. The maximum atomic E-state index is 11.3. The molecule has 19 heavy (non-hydrogen) atoms. The fraction of sp³-hybridized carbons (Fsp3) is 0.286. The number of aromatic nitrogens is 2. The fourth-order valence-electron chi connectivity index (χ4n) is 1.95. The SMILES string of the molecule is Cc1cccc(-n2nc(C(C)C)c(C(=O)O)c2Cl)c1. The molecule has 0 fully saturated rings. The molecule has 0 atom stereocenters. The second kappa shape index (κ2) is 5.05. The van der Waals surface area contributed by atoms with Crippen molar-refractivity contribution in [1.82, 2.24) is 9.78 Å². The summed E-state index contributed by atoms with van der Waals surface area (Å²) in [5.74, 6) is -1.05. The molecule has 1 heterocycles. The summed E-state index contributed by atoms with van der Waals surface area (Å²) < 4.78 is 1.48. The Labute approximate surface area is 116 Å². The average Bonchev–Trinajstić information content (AvgIpc) is 2.67. The molecule has 0 unspecified atom stereocenters. The molecule has 0 saturated heterocycles. The number of benzene rings is 1. The van der Waals surface area contributed by atoms with Crippen LogP contribution in [0.1, 0.15) is 41.4 Å². The van der Waals surface area contributed by atoms with Crippen molar-refractivity contribution in [3.8, 4) is 5.69 Å². The summed E-state index contributed by atoms with van der Waals surface area (Å²) in [7, 11) is 0. The second-order valence-electron chi connectivity index (χ2n) is 4.76. The number of carbonyl (C=O) groups is 1. The van der Waals surface area contributed by atoms with Crippen LogP contribution in [0, 0.1) is 6.92 Å². The van der Waals surface area contributed by atoms with Crippen LogP contribution >= 0.6 is 11.6 Å². The number of halogens is 1. The monoisotopic (exact) mass is 278 g/mol. The van der Waals surface area contributed by atoms with Crippen LogP contribution in [-0.4, -0.2) is 20.9 Å². The lowest BCUT2D eigenvalue weighted by Gasteiger charge is -2.04. The predicted molar refractivity (Wildman–Crippen MR) is 74.4 cm³/mol. The van der Waals surface area contributed by atoms with Crippen LogP contribution in [0.2, 0.25) is 5.15 Å². The third-order valence-electron chi connectivity index (χ3n) is 2.86. The summed E-state index contributed by atoms with van der Waals surface area (Å²) in [5.41, 5.74) is 2.41. The van der Waals surface area contributed by atoms with E-state index in [1.165, 1.54) is 4.68 Å². The zero-order valence-corrected chi connectivity index (χ0v) is 11.8. The van der Waals surface area contributed by atoms with Crippen LogP contribution < -0.4 is 0 Å². The van der Waals surface area contributed by atoms with Crippen molar-refractivity contribution >= 4 is 17.6 Å². The zero-order valence-electron chi connectivity index (χ0n) is 11.0. The Balaban J connectivity index is 2.66. The van der Waals surface area contributed by atoms with Gasteiger partial charge in [-0.25, -0.2) is 9.48 Å². The van der Waals surface area contributed by atoms with Gasteiger partial charge < -0.3 is 5.11 Å². The van der Waals surface area contributed by atoms with Gasteiger partial charge in [0, 0.05) is 0 Å². The number of aromatic carboxylic acids is 1. The van der Waals surface area contributed by atoms with E-state index in [1.807, 2.05) is 45.0 Å². The van der Waals surface area contributed by atoms with Gasteiger partial charge >= 0.3 is 5.97 Å². The molecule has 0 aliphatic heterocycles. The summed E-state index contributed by atoms with van der Waals surface area (Å²) in [4.78, 5) is 11.3. The van der Waals surface area contributed by atoms with Gasteiger partial charge in [-0.2, -0.15) is 5.10 Å². The standard InChI is InChI=1S/C14H15ClN2O2/c1-8(2)12-11(14(18)19)13(15)17(16-12)10-6-4-5-9(3)7-10/h4-8H,1-3H3,(H,18,19). The minimum absolute atomic E-state index is 0.00495. The number of rotatable bonds is 3. The van der Waals surface area contributed by atoms with Gasteiger partial charge in [-0.05, 0) is 30.5 Å². The number of carboxylic acid groups (broad SMARTS) is 1. The molecule has 0 amide bonds. The Bertz CT molecular complexity index is 632. The lowest BCUT2D eigenvalue weighted by Crippen LogP contribution is -2.01. The Kier molecular flexibility index (Phi) is 3.62. The number of hydrogen-bond donors (Lipinski definition) is 1. The second-order valence-corrected chi connectivity index (χ2v) is 5.12. The van der Waals surface area contributed by atoms with Crippen molar-refractivity contribution in [3.05, 3.63) is 46.2 Å². The van der Waals surface area contributed by atoms with Gasteiger partial charge in [0.05, 0.1) is 11.4 Å². The van der Waals surface area contributed by atoms with Crippen molar-refractivity contribution in [2.24, 2.45) is 0 Å². The van der Waals surface area contributed by atoms with Gasteiger partial charge in [0.15, 0.2) is 0 Å². The van der Waals surface area contributed by atoms with E-state index in [0.717, 1.165) is 11.3 Å². The molecular weight excluding hydrogens is 264 g/mol. The normalized spacial score (nSPS) is 11.0. The smallest absolute Gasteiger partial charge is 0.340 e. The molecule has 1 aromatic carbocycles. The van der Waals surface area contributed by atoms with E-state index >= 15 is 0 Å². The highest BCUT2D eigenvalue weighted by molar-refractivity contribution is 6.33. The van der Waals surface area contributed by atoms with E-state index in [9.17, 15) is 9.90 Å². The van der Waals surface area contributed by atoms with Crippen molar-refractivity contribution in [1.29, 1.82) is 0 Å². The first kappa shape index (κ1) is 13.6. The van der Waals surface area contributed by atoms with Gasteiger partial charge in [0.1, 0.15) is 10.7 Å². The van der Waals surface area contributed by atoms with Crippen molar-refractivity contribution < 1.29 is 9.90 Å². The van der Waals surface area contributed by atoms with Crippen LogP contribution in [0.25, 0.3) is 5.69 Å². The van der Waals surface area contributed by atoms with Crippen LogP contribution in [0.4, 0.5) is 0 Å². The third-order valence-corrected chi connectivity index (χ3v) is 3.21. The number of aryl methyl sites for hydroxylation is 1. The Morgan fingerprint density at radius 2 is 2.11 bits per heavy atom. The lowest BCUT2D eigenvalue weighted by atomic mass is 10.1. The minimum Gasteiger partial charge on any atom is -0.478 e. The molecule has 0 saturated carbocycles. The largest absolute Gasteiger partial charge is 0.478 e. The summed E-state index contributed by atoms with van der Waals surface area (Å²) in [6, 6.07) is 7.61. The summed E-state index contributed by atoms with van der Waals surface area (Å²) in [5, 5.41) is 13.8. The highest BCUT2D eigenvalue weighted by Gasteiger charge is 2.24. The molecule has 1 aromatic heterocycles. The van der Waals surface area contributed by atoms with Gasteiger partial charge in [0.25, 0.3) is 0 Å². The van der Waals surface area contributed by atoms with Crippen molar-refractivity contribution in [2.45, 2.75) is 26.7 Å². The van der Waals surface area contributed by atoms with E-state index in [4.69, 9.17) is 11.6 Å². The van der Waals surface area contributed by atoms with Gasteiger partial charge in [-0.15, -0.1) is 0 Å². The highest BCUT2D eigenvalue weighted by Crippen LogP contribution is 2.28. The predicted octanol–water partition coefficient (Wildman–Crippen LogP) is 3.66. The highest BCUT2D eigenvalue weighted by atomic mass is 35.5. The van der Waals surface area contributed by atoms with Gasteiger partial charge in [-0.3, -0.25) is 0 Å². The Hall–Kier alpha value is -1.81. The first-order chi connectivity index (χ1) is 8.91. The molecule has 2 rings (SSSR count). The number of nitrogens with zero attached hydrogens (tertiary/aromatic N) is 2. The maximum absolute atomic E-state index is 11.3. The molecular formula is C14H15ClN2O2. The van der Waals surface area contributed by atoms with Crippen molar-refractivity contribution in [2.75, 3.05) is 0 Å². The molecule has 0 aliphatic carbocycles. The van der Waals surface area contributed by atoms with Gasteiger partial charge in [-0.1, -0.05) is 37.6 Å². The first-order valence-electron chi connectivity index (χ1n) is 6.00. The minimum atomic E-state index is -1.05. The van der Waals surface area contributed by atoms with Crippen LogP contribution in [0.5, 0.6) is 0 Å². The number of carboxylic acids is 1. The molecule has 0 radical (unpaired) electrons. The summed E-state index contributed by atoms with van der Waals surface area (Å²) in [6.07, 6.45) is 0. The van der Waals surface area contributed by atoms with E-state index < -0.39 is 5.97 Å². The van der Waals surface area contributed by atoms with Crippen molar-refractivity contribution in [3.63, 3.8) is 0 Å². The zero-order chi connectivity index (χ0) is 14.2. The molecule has 1 N–H and O–H groups in total. The molecule has 2 aromatic rings. The maximum Gasteiger partial charge on any atom is 0.340 e. The van der Waals surface area contributed by atoms with E-state index in [1.54, 1.807) is 0 Å². The first-order valence-corrected chi connectivity index (χ1v) is 6.38. The summed E-state index contributed by atoms with van der Waals surface area (Å²) >= 11 is 6.18. The van der Waals surface area contributed by atoms with E-state index in [2.05, 4.69) is 5.10 Å². The molecule has 5 heteroatoms. The van der Waals surface area contributed by atoms with E-state index in [0.29, 0.717) is 5.69 Å². The molecule has 0 bridgehead atoms.